The molecule has 0 radical (unpaired) electrons. The van der Waals surface area contributed by atoms with Crippen LogP contribution in [0.2, 0.25) is 0 Å². The first-order chi connectivity index (χ1) is 13.3. The van der Waals surface area contributed by atoms with Crippen LogP contribution in [0.3, 0.4) is 0 Å². The summed E-state index contributed by atoms with van der Waals surface area (Å²) in [6.07, 6.45) is 1.17. The molecule has 27 heavy (non-hydrogen) atoms. The van der Waals surface area contributed by atoms with Gasteiger partial charge in [0.1, 0.15) is 5.75 Å². The molecule has 3 aromatic rings. The second kappa shape index (κ2) is 8.74. The lowest BCUT2D eigenvalue weighted by molar-refractivity contribution is 0.236. The molecule has 1 fully saturated rings. The molecular formula is C22H25BrN2OS. The summed E-state index contributed by atoms with van der Waals surface area (Å²) in [7, 11) is 0. The molecule has 0 bridgehead atoms. The number of hydrogen-bond donors (Lipinski definition) is 1. The van der Waals surface area contributed by atoms with Crippen molar-refractivity contribution in [2.45, 2.75) is 19.4 Å². The van der Waals surface area contributed by atoms with Gasteiger partial charge in [-0.15, -0.1) is 11.3 Å². The van der Waals surface area contributed by atoms with E-state index in [0.717, 1.165) is 36.4 Å². The summed E-state index contributed by atoms with van der Waals surface area (Å²) in [5.41, 5.74) is 1.25. The zero-order chi connectivity index (χ0) is 18.6. The van der Waals surface area contributed by atoms with Crippen molar-refractivity contribution < 1.29 is 4.74 Å². The molecule has 142 valence electrons. The van der Waals surface area contributed by atoms with Crippen molar-refractivity contribution in [3.05, 3.63) is 63.4 Å². The summed E-state index contributed by atoms with van der Waals surface area (Å²) < 4.78 is 8.48. The van der Waals surface area contributed by atoms with Gasteiger partial charge < -0.3 is 10.1 Å². The van der Waals surface area contributed by atoms with Crippen LogP contribution in [0.4, 0.5) is 0 Å². The second-order valence-corrected chi connectivity index (χ2v) is 8.87. The third-order valence-corrected chi connectivity index (χ3v) is 6.68. The highest BCUT2D eigenvalue weighted by Gasteiger charge is 2.28. The molecular weight excluding hydrogens is 420 g/mol. The third-order valence-electron chi connectivity index (χ3n) is 5.02. The topological polar surface area (TPSA) is 24.5 Å². The number of thiophene rings is 1. The average Bonchev–Trinajstić information content (AvgIpc) is 2.91. The van der Waals surface area contributed by atoms with E-state index >= 15 is 0 Å². The quantitative estimate of drug-likeness (QED) is 0.566. The maximum atomic E-state index is 6.03. The number of fused-ring (bicyclic) bond motifs is 1. The van der Waals surface area contributed by atoms with Gasteiger partial charge >= 0.3 is 0 Å². The Labute approximate surface area is 173 Å². The number of ether oxygens (including phenoxy) is 1. The van der Waals surface area contributed by atoms with Crippen molar-refractivity contribution in [2.75, 3.05) is 32.8 Å². The summed E-state index contributed by atoms with van der Waals surface area (Å²) in [4.78, 5) is 3.99. The van der Waals surface area contributed by atoms with E-state index in [2.05, 4.69) is 81.6 Å². The SMILES string of the molecule is CCOc1ccc(Br)cc1C(c1cc2ccccc2s1)N1CCCNCC1. The number of halogens is 1. The van der Waals surface area contributed by atoms with E-state index in [1.165, 1.54) is 26.9 Å². The van der Waals surface area contributed by atoms with E-state index in [9.17, 15) is 0 Å². The molecule has 5 heteroatoms. The van der Waals surface area contributed by atoms with Crippen molar-refractivity contribution in [3.8, 4) is 5.75 Å². The molecule has 0 aliphatic carbocycles. The molecule has 0 saturated carbocycles. The Hall–Kier alpha value is -1.40. The lowest BCUT2D eigenvalue weighted by atomic mass is 10.0. The molecule has 1 atom stereocenters. The molecule has 1 saturated heterocycles. The summed E-state index contributed by atoms with van der Waals surface area (Å²) in [6, 6.07) is 17.6. The summed E-state index contributed by atoms with van der Waals surface area (Å²) in [5, 5.41) is 4.86. The smallest absolute Gasteiger partial charge is 0.124 e. The first-order valence-corrected chi connectivity index (χ1v) is 11.2. The number of benzene rings is 2. The molecule has 1 aromatic heterocycles. The molecule has 3 nitrogen and oxygen atoms in total. The van der Waals surface area contributed by atoms with Crippen molar-refractivity contribution in [2.24, 2.45) is 0 Å². The summed E-state index contributed by atoms with van der Waals surface area (Å²) in [6.45, 7) is 6.97. The predicted molar refractivity (Wildman–Crippen MR) is 118 cm³/mol. The van der Waals surface area contributed by atoms with Gasteiger partial charge in [0.2, 0.25) is 0 Å². The van der Waals surface area contributed by atoms with Crippen molar-refractivity contribution >= 4 is 37.4 Å². The van der Waals surface area contributed by atoms with E-state index in [-0.39, 0.29) is 6.04 Å². The fourth-order valence-electron chi connectivity index (χ4n) is 3.81. The van der Waals surface area contributed by atoms with Gasteiger partial charge in [-0.3, -0.25) is 4.90 Å². The van der Waals surface area contributed by atoms with Gasteiger partial charge in [0.25, 0.3) is 0 Å². The van der Waals surface area contributed by atoms with Crippen LogP contribution >= 0.6 is 27.3 Å². The Bertz CT molecular complexity index is 869. The minimum atomic E-state index is 0.210. The fourth-order valence-corrected chi connectivity index (χ4v) is 5.41. The monoisotopic (exact) mass is 444 g/mol. The maximum absolute atomic E-state index is 6.03. The highest BCUT2D eigenvalue weighted by Crippen LogP contribution is 2.41. The van der Waals surface area contributed by atoms with Crippen LogP contribution in [-0.2, 0) is 0 Å². The van der Waals surface area contributed by atoms with E-state index < -0.39 is 0 Å². The Morgan fingerprint density at radius 2 is 2.04 bits per heavy atom. The van der Waals surface area contributed by atoms with E-state index in [1.54, 1.807) is 0 Å². The molecule has 4 rings (SSSR count). The van der Waals surface area contributed by atoms with Gasteiger partial charge in [0.05, 0.1) is 12.6 Å². The summed E-state index contributed by atoms with van der Waals surface area (Å²) in [5.74, 6) is 0.986. The zero-order valence-electron chi connectivity index (χ0n) is 15.6. The zero-order valence-corrected chi connectivity index (χ0v) is 18.0. The van der Waals surface area contributed by atoms with Crippen molar-refractivity contribution in [3.63, 3.8) is 0 Å². The Morgan fingerprint density at radius 3 is 2.89 bits per heavy atom. The first kappa shape index (κ1) is 18.9. The number of nitrogens with zero attached hydrogens (tertiary/aromatic N) is 1. The molecule has 1 N–H and O–H groups in total. The third kappa shape index (κ3) is 4.21. The van der Waals surface area contributed by atoms with Crippen LogP contribution in [0.15, 0.2) is 53.0 Å². The molecule has 1 unspecified atom stereocenters. The van der Waals surface area contributed by atoms with Crippen molar-refractivity contribution in [1.82, 2.24) is 10.2 Å². The Morgan fingerprint density at radius 1 is 1.15 bits per heavy atom. The molecule has 2 heterocycles. The van der Waals surface area contributed by atoms with E-state index in [0.29, 0.717) is 6.61 Å². The predicted octanol–water partition coefficient (Wildman–Crippen LogP) is 5.45. The van der Waals surface area contributed by atoms with Gasteiger partial charge in [0.15, 0.2) is 0 Å². The number of rotatable bonds is 5. The van der Waals surface area contributed by atoms with Crippen molar-refractivity contribution in [1.29, 1.82) is 0 Å². The average molecular weight is 445 g/mol. The van der Waals surface area contributed by atoms with Gasteiger partial charge in [-0.05, 0) is 55.6 Å². The number of nitrogens with one attached hydrogen (secondary N) is 1. The minimum Gasteiger partial charge on any atom is -0.494 e. The minimum absolute atomic E-state index is 0.210. The lowest BCUT2D eigenvalue weighted by Crippen LogP contribution is -2.32. The molecule has 0 spiro atoms. The second-order valence-electron chi connectivity index (χ2n) is 6.84. The number of hydrogen-bond acceptors (Lipinski definition) is 4. The fraction of sp³-hybridized carbons (Fsp3) is 0.364. The van der Waals surface area contributed by atoms with E-state index in [4.69, 9.17) is 4.74 Å². The van der Waals surface area contributed by atoms with Crippen LogP contribution < -0.4 is 10.1 Å². The Kier molecular flexibility index (Phi) is 6.13. The van der Waals surface area contributed by atoms with Gasteiger partial charge in [-0.2, -0.15) is 0 Å². The first-order valence-electron chi connectivity index (χ1n) is 9.61. The largest absolute Gasteiger partial charge is 0.494 e. The highest BCUT2D eigenvalue weighted by molar-refractivity contribution is 9.10. The van der Waals surface area contributed by atoms with Gasteiger partial charge in [-0.1, -0.05) is 34.1 Å². The highest BCUT2D eigenvalue weighted by atomic mass is 79.9. The van der Waals surface area contributed by atoms with Crippen LogP contribution in [0, 0.1) is 0 Å². The Balaban J connectivity index is 1.84. The molecule has 1 aliphatic heterocycles. The van der Waals surface area contributed by atoms with Gasteiger partial charge in [0, 0.05) is 39.2 Å². The molecule has 0 amide bonds. The van der Waals surface area contributed by atoms with Crippen LogP contribution in [0.5, 0.6) is 5.75 Å². The molecule has 1 aliphatic rings. The lowest BCUT2D eigenvalue weighted by Gasteiger charge is -2.31. The standard InChI is InChI=1S/C22H25BrN2OS/c1-2-26-19-9-8-17(23)15-18(19)22(25-12-5-10-24-11-13-25)21-14-16-6-3-4-7-20(16)27-21/h3-4,6-9,14-15,22,24H,2,5,10-13H2,1H3. The molecule has 2 aromatic carbocycles. The van der Waals surface area contributed by atoms with Gasteiger partial charge in [-0.25, -0.2) is 0 Å². The summed E-state index contributed by atoms with van der Waals surface area (Å²) >= 11 is 5.58. The van der Waals surface area contributed by atoms with Crippen LogP contribution in [-0.4, -0.2) is 37.7 Å². The van der Waals surface area contributed by atoms with Crippen LogP contribution in [0.25, 0.3) is 10.1 Å². The van der Waals surface area contributed by atoms with E-state index in [1.807, 2.05) is 11.3 Å². The van der Waals surface area contributed by atoms with Crippen LogP contribution in [0.1, 0.15) is 29.8 Å². The maximum Gasteiger partial charge on any atom is 0.124 e. The normalized spacial score (nSPS) is 17.0.